The lowest BCUT2D eigenvalue weighted by molar-refractivity contribution is 0.126. The highest BCUT2D eigenvalue weighted by molar-refractivity contribution is 7.89. The molecule has 4 rings (SSSR count). The molecule has 0 spiro atoms. The number of sulfonamides is 1. The van der Waals surface area contributed by atoms with Crippen molar-refractivity contribution in [2.24, 2.45) is 5.92 Å². The number of fused-ring (bicyclic) bond motifs is 1. The van der Waals surface area contributed by atoms with E-state index < -0.39 is 10.0 Å². The number of aromatic nitrogens is 4. The van der Waals surface area contributed by atoms with Crippen molar-refractivity contribution in [3.8, 4) is 0 Å². The fourth-order valence-corrected chi connectivity index (χ4v) is 5.16. The van der Waals surface area contributed by atoms with Crippen LogP contribution >= 0.6 is 0 Å². The maximum atomic E-state index is 12.5. The first-order valence-corrected chi connectivity index (χ1v) is 13.3. The second-order valence-corrected chi connectivity index (χ2v) is 10.9. The Bertz CT molecular complexity index is 1220. The van der Waals surface area contributed by atoms with Gasteiger partial charge in [0.15, 0.2) is 17.0 Å². The summed E-state index contributed by atoms with van der Waals surface area (Å²) in [6, 6.07) is 6.77. The minimum Gasteiger partial charge on any atom is -0.393 e. The van der Waals surface area contributed by atoms with Crippen molar-refractivity contribution in [2.45, 2.75) is 70.0 Å². The maximum Gasteiger partial charge on any atom is 0.240 e. The van der Waals surface area contributed by atoms with Crippen molar-refractivity contribution in [1.29, 1.82) is 0 Å². The van der Waals surface area contributed by atoms with Crippen molar-refractivity contribution < 1.29 is 13.5 Å². The third-order valence-corrected chi connectivity index (χ3v) is 7.38. The molecule has 4 N–H and O–H groups in total. The Balaban J connectivity index is 1.57. The number of nitrogens with one attached hydrogen (secondary N) is 3. The van der Waals surface area contributed by atoms with Gasteiger partial charge in [-0.1, -0.05) is 13.8 Å². The summed E-state index contributed by atoms with van der Waals surface area (Å²) in [6.07, 6.45) is 4.76. The third-order valence-electron chi connectivity index (χ3n) is 5.94. The second-order valence-electron chi connectivity index (χ2n) is 9.14. The SMILES string of the molecule is CCn1cnc2c(Nc3ccc(S(=O)(=O)NCC(C)C)cc3)nc(NC3CCC(O)CC3)nc21. The van der Waals surface area contributed by atoms with Crippen LogP contribution in [0.3, 0.4) is 0 Å². The maximum absolute atomic E-state index is 12.5. The molecule has 1 aliphatic carbocycles. The molecule has 1 fully saturated rings. The molecule has 1 saturated carbocycles. The van der Waals surface area contributed by atoms with Gasteiger partial charge in [0, 0.05) is 24.8 Å². The van der Waals surface area contributed by atoms with Gasteiger partial charge in [-0.2, -0.15) is 9.97 Å². The molecule has 10 nitrogen and oxygen atoms in total. The minimum atomic E-state index is -3.55. The van der Waals surface area contributed by atoms with Gasteiger partial charge in [0.2, 0.25) is 16.0 Å². The standard InChI is InChI=1S/C23H33N7O3S/c1-4-30-14-24-20-21(28-23(29-22(20)30)27-17-5-9-18(31)10-6-17)26-16-7-11-19(12-8-16)34(32,33)25-13-15(2)3/h7-8,11-12,14-15,17-18,25,31H,4-6,9-10,13H2,1-3H3,(H2,26,27,28,29). The van der Waals surface area contributed by atoms with Gasteiger partial charge in [-0.15, -0.1) is 0 Å². The quantitative estimate of drug-likeness (QED) is 0.361. The Morgan fingerprint density at radius 2 is 1.82 bits per heavy atom. The molecule has 0 unspecified atom stereocenters. The molecule has 11 heteroatoms. The number of aliphatic hydroxyl groups is 1. The Labute approximate surface area is 200 Å². The van der Waals surface area contributed by atoms with Gasteiger partial charge in [0.05, 0.1) is 17.3 Å². The van der Waals surface area contributed by atoms with Crippen molar-refractivity contribution in [3.05, 3.63) is 30.6 Å². The normalized spacial score (nSPS) is 19.0. The molecule has 1 aliphatic rings. The average Bonchev–Trinajstić information content (AvgIpc) is 3.23. The van der Waals surface area contributed by atoms with Gasteiger partial charge >= 0.3 is 0 Å². The summed E-state index contributed by atoms with van der Waals surface area (Å²) in [5.74, 6) is 1.27. The van der Waals surface area contributed by atoms with Crippen molar-refractivity contribution in [3.63, 3.8) is 0 Å². The predicted octanol–water partition coefficient (Wildman–Crippen LogP) is 3.24. The molecule has 0 atom stereocenters. The minimum absolute atomic E-state index is 0.203. The Morgan fingerprint density at radius 1 is 1.12 bits per heavy atom. The zero-order valence-corrected chi connectivity index (χ0v) is 20.6. The zero-order valence-electron chi connectivity index (χ0n) is 19.8. The van der Waals surface area contributed by atoms with E-state index in [1.165, 1.54) is 0 Å². The van der Waals surface area contributed by atoms with Crippen LogP contribution in [0.4, 0.5) is 17.5 Å². The number of anilines is 3. The topological polar surface area (TPSA) is 134 Å². The number of benzene rings is 1. The molecule has 2 heterocycles. The lowest BCUT2D eigenvalue weighted by Crippen LogP contribution is -2.29. The number of aryl methyl sites for hydroxylation is 1. The van der Waals surface area contributed by atoms with Crippen LogP contribution in [0.2, 0.25) is 0 Å². The summed E-state index contributed by atoms with van der Waals surface area (Å²) >= 11 is 0. The number of imidazole rings is 1. The predicted molar refractivity (Wildman–Crippen MR) is 133 cm³/mol. The number of rotatable bonds is 9. The Hall–Kier alpha value is -2.76. The first-order valence-electron chi connectivity index (χ1n) is 11.8. The zero-order chi connectivity index (χ0) is 24.3. The van der Waals surface area contributed by atoms with Gasteiger partial charge < -0.3 is 20.3 Å². The van der Waals surface area contributed by atoms with E-state index in [4.69, 9.17) is 4.98 Å². The molecular formula is C23H33N7O3S. The summed E-state index contributed by atoms with van der Waals surface area (Å²) in [7, 11) is -3.55. The first-order chi connectivity index (χ1) is 16.2. The van der Waals surface area contributed by atoms with Crippen LogP contribution in [0, 0.1) is 5.92 Å². The number of hydrogen-bond acceptors (Lipinski definition) is 8. The average molecular weight is 488 g/mol. The van der Waals surface area contributed by atoms with Gasteiger partial charge in [0.1, 0.15) is 0 Å². The molecule has 1 aromatic carbocycles. The van der Waals surface area contributed by atoms with E-state index in [0.29, 0.717) is 29.5 Å². The summed E-state index contributed by atoms with van der Waals surface area (Å²) in [5.41, 5.74) is 2.05. The Morgan fingerprint density at radius 3 is 2.47 bits per heavy atom. The fourth-order valence-electron chi connectivity index (χ4n) is 3.94. The van der Waals surface area contributed by atoms with Gasteiger partial charge in [-0.3, -0.25) is 0 Å². The highest BCUT2D eigenvalue weighted by Crippen LogP contribution is 2.27. The van der Waals surface area contributed by atoms with Crippen LogP contribution in [0.25, 0.3) is 11.2 Å². The van der Waals surface area contributed by atoms with E-state index in [9.17, 15) is 13.5 Å². The van der Waals surface area contributed by atoms with Gasteiger partial charge in [0.25, 0.3) is 0 Å². The van der Waals surface area contributed by atoms with Crippen LogP contribution in [0.1, 0.15) is 46.5 Å². The highest BCUT2D eigenvalue weighted by Gasteiger charge is 2.21. The van der Waals surface area contributed by atoms with Crippen LogP contribution in [-0.4, -0.2) is 51.7 Å². The molecule has 0 amide bonds. The van der Waals surface area contributed by atoms with Crippen LogP contribution in [-0.2, 0) is 16.6 Å². The summed E-state index contributed by atoms with van der Waals surface area (Å²) in [4.78, 5) is 14.1. The lowest BCUT2D eigenvalue weighted by atomic mass is 9.93. The van der Waals surface area contributed by atoms with E-state index in [2.05, 4.69) is 25.3 Å². The van der Waals surface area contributed by atoms with Crippen LogP contribution in [0.15, 0.2) is 35.5 Å². The Kier molecular flexibility index (Phi) is 7.34. The molecule has 0 saturated heterocycles. The van der Waals surface area contributed by atoms with Crippen molar-refractivity contribution in [2.75, 3.05) is 17.2 Å². The second kappa shape index (κ2) is 10.2. The number of hydrogen-bond donors (Lipinski definition) is 4. The van der Waals surface area contributed by atoms with Crippen molar-refractivity contribution >= 4 is 38.6 Å². The van der Waals surface area contributed by atoms with E-state index >= 15 is 0 Å². The molecular weight excluding hydrogens is 454 g/mol. The molecule has 3 aromatic rings. The monoisotopic (exact) mass is 487 g/mol. The largest absolute Gasteiger partial charge is 0.393 e. The van der Waals surface area contributed by atoms with E-state index in [1.807, 2.05) is 25.3 Å². The molecule has 184 valence electrons. The highest BCUT2D eigenvalue weighted by atomic mass is 32.2. The summed E-state index contributed by atoms with van der Waals surface area (Å²) < 4.78 is 29.5. The van der Waals surface area contributed by atoms with E-state index in [1.54, 1.807) is 30.6 Å². The fraction of sp³-hybridized carbons (Fsp3) is 0.522. The van der Waals surface area contributed by atoms with Crippen LogP contribution < -0.4 is 15.4 Å². The molecule has 2 aromatic heterocycles. The smallest absolute Gasteiger partial charge is 0.240 e. The summed E-state index contributed by atoms with van der Waals surface area (Å²) in [6.45, 7) is 7.05. The van der Waals surface area contributed by atoms with E-state index in [0.717, 1.165) is 37.9 Å². The molecule has 34 heavy (non-hydrogen) atoms. The molecule has 0 bridgehead atoms. The third kappa shape index (κ3) is 5.65. The lowest BCUT2D eigenvalue weighted by Gasteiger charge is -2.26. The van der Waals surface area contributed by atoms with Gasteiger partial charge in [-0.05, 0) is 62.8 Å². The summed E-state index contributed by atoms with van der Waals surface area (Å²) in [5, 5.41) is 16.5. The van der Waals surface area contributed by atoms with Gasteiger partial charge in [-0.25, -0.2) is 18.1 Å². The molecule has 0 radical (unpaired) electrons. The van der Waals surface area contributed by atoms with E-state index in [-0.39, 0.29) is 23.0 Å². The number of aliphatic hydroxyl groups excluding tert-OH is 1. The van der Waals surface area contributed by atoms with Crippen LogP contribution in [0.5, 0.6) is 0 Å². The number of nitrogens with zero attached hydrogens (tertiary/aromatic N) is 4. The first kappa shape index (κ1) is 24.4. The molecule has 0 aliphatic heterocycles. The van der Waals surface area contributed by atoms with Crippen molar-refractivity contribution in [1.82, 2.24) is 24.2 Å².